The molecule has 20 heavy (non-hydrogen) atoms. The first-order valence-electron chi connectivity index (χ1n) is 6.56. The van der Waals surface area contributed by atoms with Gasteiger partial charge < -0.3 is 5.73 Å². The first kappa shape index (κ1) is 16.1. The van der Waals surface area contributed by atoms with Gasteiger partial charge in [0.2, 0.25) is 0 Å². The Labute approximate surface area is 141 Å². The van der Waals surface area contributed by atoms with Crippen LogP contribution in [-0.2, 0) is 6.42 Å². The molecule has 2 rings (SSSR count). The monoisotopic (exact) mass is 413 g/mol. The summed E-state index contributed by atoms with van der Waals surface area (Å²) >= 11 is 8.87. The molecule has 1 atom stereocenters. The van der Waals surface area contributed by atoms with Gasteiger partial charge in [-0.3, -0.25) is 0 Å². The van der Waals surface area contributed by atoms with Crippen LogP contribution in [0, 0.1) is 0 Å². The topological polar surface area (TPSA) is 26.0 Å². The lowest BCUT2D eigenvalue weighted by Gasteiger charge is -2.11. The Morgan fingerprint density at radius 1 is 1.05 bits per heavy atom. The third-order valence-corrected chi connectivity index (χ3v) is 5.34. The fourth-order valence-corrected chi connectivity index (χ4v) is 3.64. The van der Waals surface area contributed by atoms with Crippen molar-refractivity contribution in [2.24, 2.45) is 5.73 Å². The normalized spacial score (nSPS) is 12.4. The minimum atomic E-state index is 0.233. The van der Waals surface area contributed by atoms with Crippen molar-refractivity contribution in [3.8, 4) is 0 Å². The molecule has 0 spiro atoms. The molecule has 0 saturated carbocycles. The maximum Gasteiger partial charge on any atom is 0.0219 e. The molecule has 0 fully saturated rings. The third kappa shape index (κ3) is 4.62. The van der Waals surface area contributed by atoms with Crippen LogP contribution in [0.25, 0.3) is 0 Å². The van der Waals surface area contributed by atoms with Gasteiger partial charge in [0.05, 0.1) is 0 Å². The van der Waals surface area contributed by atoms with E-state index in [-0.39, 0.29) is 6.04 Å². The van der Waals surface area contributed by atoms with Crippen LogP contribution >= 0.6 is 43.6 Å². The number of nitrogens with two attached hydrogens (primary N) is 1. The molecule has 2 aromatic rings. The zero-order valence-electron chi connectivity index (χ0n) is 11.3. The van der Waals surface area contributed by atoms with Gasteiger partial charge in [-0.25, -0.2) is 0 Å². The second-order valence-electron chi connectivity index (χ2n) is 4.68. The van der Waals surface area contributed by atoms with Crippen molar-refractivity contribution in [3.05, 3.63) is 57.0 Å². The summed E-state index contributed by atoms with van der Waals surface area (Å²) in [6.45, 7) is 2.12. The van der Waals surface area contributed by atoms with Crippen molar-refractivity contribution < 1.29 is 0 Å². The molecule has 0 heterocycles. The lowest BCUT2D eigenvalue weighted by Crippen LogP contribution is -2.21. The second-order valence-corrected chi connectivity index (χ2v) is 7.60. The molecule has 0 bridgehead atoms. The highest BCUT2D eigenvalue weighted by atomic mass is 79.9. The van der Waals surface area contributed by atoms with E-state index in [0.29, 0.717) is 0 Å². The van der Waals surface area contributed by atoms with Crippen LogP contribution in [0.4, 0.5) is 0 Å². The van der Waals surface area contributed by atoms with Crippen molar-refractivity contribution in [3.63, 3.8) is 0 Å². The van der Waals surface area contributed by atoms with Crippen LogP contribution in [-0.4, -0.2) is 6.04 Å². The Bertz CT molecular complexity index is 569. The molecule has 0 amide bonds. The molecule has 106 valence electrons. The lowest BCUT2D eigenvalue weighted by atomic mass is 10.1. The number of rotatable bonds is 5. The summed E-state index contributed by atoms with van der Waals surface area (Å²) in [5.41, 5.74) is 7.30. The van der Waals surface area contributed by atoms with Crippen molar-refractivity contribution >= 4 is 43.6 Å². The van der Waals surface area contributed by atoms with Crippen LogP contribution in [0.15, 0.2) is 61.2 Å². The van der Waals surface area contributed by atoms with E-state index in [1.54, 1.807) is 11.8 Å². The molecule has 2 N–H and O–H groups in total. The van der Waals surface area contributed by atoms with E-state index in [1.807, 2.05) is 0 Å². The first-order valence-corrected chi connectivity index (χ1v) is 8.96. The fraction of sp³-hybridized carbons (Fsp3) is 0.250. The average Bonchev–Trinajstić information content (AvgIpc) is 2.44. The van der Waals surface area contributed by atoms with Gasteiger partial charge in [0.25, 0.3) is 0 Å². The van der Waals surface area contributed by atoms with Gasteiger partial charge in [0, 0.05) is 24.8 Å². The Hall–Kier alpha value is -0.290. The quantitative estimate of drug-likeness (QED) is 0.684. The number of benzene rings is 2. The van der Waals surface area contributed by atoms with Gasteiger partial charge in [-0.2, -0.15) is 0 Å². The highest BCUT2D eigenvalue weighted by Crippen LogP contribution is 2.32. The fourth-order valence-electron chi connectivity index (χ4n) is 1.82. The largest absolute Gasteiger partial charge is 0.327 e. The van der Waals surface area contributed by atoms with E-state index in [4.69, 9.17) is 5.73 Å². The number of hydrogen-bond donors (Lipinski definition) is 1. The zero-order valence-corrected chi connectivity index (χ0v) is 15.3. The number of hydrogen-bond acceptors (Lipinski definition) is 2. The van der Waals surface area contributed by atoms with Gasteiger partial charge in [-0.05, 0) is 54.8 Å². The molecule has 1 unspecified atom stereocenters. The van der Waals surface area contributed by atoms with Gasteiger partial charge in [0.1, 0.15) is 0 Å². The maximum atomic E-state index is 6.02. The van der Waals surface area contributed by atoms with E-state index in [2.05, 4.69) is 81.2 Å². The molecule has 0 aromatic heterocycles. The lowest BCUT2D eigenvalue weighted by molar-refractivity contribution is 0.645. The van der Waals surface area contributed by atoms with Crippen LogP contribution in [0.1, 0.15) is 18.9 Å². The summed E-state index contributed by atoms with van der Waals surface area (Å²) in [5.74, 6) is 0. The van der Waals surface area contributed by atoms with Gasteiger partial charge in [0.15, 0.2) is 0 Å². The molecule has 2 aromatic carbocycles. The molecule has 0 aliphatic rings. The van der Waals surface area contributed by atoms with Gasteiger partial charge >= 0.3 is 0 Å². The van der Waals surface area contributed by atoms with Crippen molar-refractivity contribution in [2.45, 2.75) is 35.6 Å². The first-order chi connectivity index (χ1) is 9.58. The highest BCUT2D eigenvalue weighted by Gasteiger charge is 2.07. The SMILES string of the molecule is CCC(N)Cc1ccc(Sc2ccc(Br)cc2)cc1Br. The summed E-state index contributed by atoms with van der Waals surface area (Å²) in [6.07, 6.45) is 1.92. The Morgan fingerprint density at radius 3 is 2.30 bits per heavy atom. The van der Waals surface area contributed by atoms with E-state index < -0.39 is 0 Å². The van der Waals surface area contributed by atoms with Crippen LogP contribution in [0.5, 0.6) is 0 Å². The zero-order chi connectivity index (χ0) is 14.5. The van der Waals surface area contributed by atoms with E-state index in [0.717, 1.165) is 21.8 Å². The summed E-state index contributed by atoms with van der Waals surface area (Å²) in [4.78, 5) is 2.46. The summed E-state index contributed by atoms with van der Waals surface area (Å²) in [5, 5.41) is 0. The third-order valence-electron chi connectivity index (χ3n) is 3.08. The minimum absolute atomic E-state index is 0.233. The Balaban J connectivity index is 2.10. The van der Waals surface area contributed by atoms with Gasteiger partial charge in [-0.1, -0.05) is 56.6 Å². The molecular formula is C16H17Br2NS. The second kappa shape index (κ2) is 7.64. The van der Waals surface area contributed by atoms with E-state index in [1.165, 1.54) is 15.4 Å². The van der Waals surface area contributed by atoms with Crippen molar-refractivity contribution in [2.75, 3.05) is 0 Å². The molecule has 0 aliphatic heterocycles. The summed E-state index contributed by atoms with van der Waals surface area (Å²) < 4.78 is 2.25. The minimum Gasteiger partial charge on any atom is -0.327 e. The molecule has 0 aliphatic carbocycles. The molecule has 1 nitrogen and oxygen atoms in total. The molecular weight excluding hydrogens is 398 g/mol. The molecule has 0 saturated heterocycles. The average molecular weight is 415 g/mol. The highest BCUT2D eigenvalue weighted by molar-refractivity contribution is 9.10. The predicted molar refractivity (Wildman–Crippen MR) is 94.4 cm³/mol. The summed E-state index contributed by atoms with van der Waals surface area (Å²) in [6, 6.07) is 15.1. The van der Waals surface area contributed by atoms with Gasteiger partial charge in [-0.15, -0.1) is 0 Å². The molecule has 0 radical (unpaired) electrons. The van der Waals surface area contributed by atoms with Crippen LogP contribution in [0.2, 0.25) is 0 Å². The van der Waals surface area contributed by atoms with Crippen LogP contribution in [0.3, 0.4) is 0 Å². The van der Waals surface area contributed by atoms with E-state index >= 15 is 0 Å². The maximum absolute atomic E-state index is 6.02. The van der Waals surface area contributed by atoms with Crippen molar-refractivity contribution in [1.82, 2.24) is 0 Å². The van der Waals surface area contributed by atoms with E-state index in [9.17, 15) is 0 Å². The predicted octanol–water partition coefficient (Wildman–Crippen LogP) is 5.64. The Kier molecular flexibility index (Phi) is 6.15. The smallest absolute Gasteiger partial charge is 0.0219 e. The Morgan fingerprint density at radius 2 is 1.70 bits per heavy atom. The molecule has 4 heteroatoms. The number of halogens is 2. The standard InChI is InChI=1S/C16H17Br2NS/c1-2-13(19)9-11-3-6-15(10-16(11)18)20-14-7-4-12(17)5-8-14/h3-8,10,13H,2,9,19H2,1H3. The van der Waals surface area contributed by atoms with Crippen LogP contribution < -0.4 is 5.73 Å². The summed E-state index contributed by atoms with van der Waals surface area (Å²) in [7, 11) is 0. The van der Waals surface area contributed by atoms with Crippen molar-refractivity contribution in [1.29, 1.82) is 0 Å².